The Bertz CT molecular complexity index is 1120. The van der Waals surface area contributed by atoms with Crippen LogP contribution in [0.5, 0.6) is 5.75 Å². The van der Waals surface area contributed by atoms with E-state index in [1.807, 2.05) is 26.0 Å². The molecule has 0 spiro atoms. The minimum atomic E-state index is -3.77. The highest BCUT2D eigenvalue weighted by atomic mass is 32.2. The zero-order chi connectivity index (χ0) is 20.3. The lowest BCUT2D eigenvalue weighted by molar-refractivity contribution is 0.102. The van der Waals surface area contributed by atoms with Crippen molar-refractivity contribution in [1.82, 2.24) is 0 Å². The Kier molecular flexibility index (Phi) is 5.37. The Morgan fingerprint density at radius 3 is 2.21 bits per heavy atom. The number of anilines is 2. The van der Waals surface area contributed by atoms with Crippen molar-refractivity contribution in [3.8, 4) is 5.75 Å². The summed E-state index contributed by atoms with van der Waals surface area (Å²) in [7, 11) is -3.77. The molecule has 3 rings (SSSR count). The molecule has 0 unspecified atom stereocenters. The fourth-order valence-corrected chi connectivity index (χ4v) is 3.75. The molecule has 144 valence electrons. The summed E-state index contributed by atoms with van der Waals surface area (Å²) in [6.07, 6.45) is 0. The topological polar surface area (TPSA) is 95.5 Å². The van der Waals surface area contributed by atoms with Gasteiger partial charge in [0.05, 0.1) is 16.3 Å². The van der Waals surface area contributed by atoms with Crippen LogP contribution < -0.4 is 10.0 Å². The van der Waals surface area contributed by atoms with Crippen LogP contribution >= 0.6 is 0 Å². The molecule has 0 bridgehead atoms. The Morgan fingerprint density at radius 1 is 0.893 bits per heavy atom. The lowest BCUT2D eigenvalue weighted by Gasteiger charge is -2.11. The Morgan fingerprint density at radius 2 is 1.57 bits per heavy atom. The fraction of sp³-hybridized carbons (Fsp3) is 0.0952. The molecule has 0 saturated heterocycles. The molecule has 0 heterocycles. The average molecular weight is 396 g/mol. The number of para-hydroxylation sites is 1. The van der Waals surface area contributed by atoms with Crippen LogP contribution in [0.2, 0.25) is 0 Å². The van der Waals surface area contributed by atoms with Gasteiger partial charge in [-0.15, -0.1) is 0 Å². The molecule has 3 N–H and O–H groups in total. The van der Waals surface area contributed by atoms with E-state index in [4.69, 9.17) is 0 Å². The number of amides is 1. The highest BCUT2D eigenvalue weighted by Crippen LogP contribution is 2.25. The summed E-state index contributed by atoms with van der Waals surface area (Å²) >= 11 is 0. The Balaban J connectivity index is 1.77. The molecule has 0 aliphatic rings. The van der Waals surface area contributed by atoms with E-state index < -0.39 is 15.9 Å². The van der Waals surface area contributed by atoms with Crippen molar-refractivity contribution in [2.45, 2.75) is 18.7 Å². The number of nitrogens with one attached hydrogen (secondary N) is 2. The van der Waals surface area contributed by atoms with Crippen LogP contribution in [0.1, 0.15) is 21.5 Å². The van der Waals surface area contributed by atoms with Gasteiger partial charge < -0.3 is 10.4 Å². The van der Waals surface area contributed by atoms with Crippen molar-refractivity contribution in [2.24, 2.45) is 0 Å². The van der Waals surface area contributed by atoms with Crippen LogP contribution in [0.15, 0.2) is 71.6 Å². The number of phenols is 1. The van der Waals surface area contributed by atoms with E-state index in [9.17, 15) is 18.3 Å². The maximum absolute atomic E-state index is 12.6. The van der Waals surface area contributed by atoms with Crippen molar-refractivity contribution in [2.75, 3.05) is 10.0 Å². The van der Waals surface area contributed by atoms with Crippen molar-refractivity contribution < 1.29 is 18.3 Å². The van der Waals surface area contributed by atoms with Crippen LogP contribution in [0.4, 0.5) is 11.4 Å². The van der Waals surface area contributed by atoms with Gasteiger partial charge in [-0.2, -0.15) is 0 Å². The molecule has 6 nitrogen and oxygen atoms in total. The summed E-state index contributed by atoms with van der Waals surface area (Å²) in [6, 6.07) is 17.6. The number of aryl methyl sites for hydroxylation is 2. The van der Waals surface area contributed by atoms with Crippen LogP contribution in [0.3, 0.4) is 0 Å². The first kappa shape index (κ1) is 19.4. The number of hydrogen-bond acceptors (Lipinski definition) is 4. The van der Waals surface area contributed by atoms with Crippen molar-refractivity contribution in [1.29, 1.82) is 0 Å². The van der Waals surface area contributed by atoms with Gasteiger partial charge in [-0.05, 0) is 67.4 Å². The molecule has 7 heteroatoms. The third kappa shape index (κ3) is 4.32. The third-order valence-electron chi connectivity index (χ3n) is 4.22. The molecule has 0 saturated carbocycles. The van der Waals surface area contributed by atoms with Gasteiger partial charge in [0, 0.05) is 5.56 Å². The molecular weight excluding hydrogens is 376 g/mol. The largest absolute Gasteiger partial charge is 0.506 e. The quantitative estimate of drug-likeness (QED) is 0.567. The molecule has 0 fully saturated rings. The highest BCUT2D eigenvalue weighted by Gasteiger charge is 2.16. The van der Waals surface area contributed by atoms with Crippen molar-refractivity contribution >= 4 is 27.3 Å². The summed E-state index contributed by atoms with van der Waals surface area (Å²) in [4.78, 5) is 12.4. The Labute approximate surface area is 163 Å². The lowest BCUT2D eigenvalue weighted by atomic mass is 10.2. The number of aromatic hydroxyl groups is 1. The van der Waals surface area contributed by atoms with E-state index in [0.717, 1.165) is 11.1 Å². The molecule has 28 heavy (non-hydrogen) atoms. The van der Waals surface area contributed by atoms with Gasteiger partial charge in [-0.25, -0.2) is 8.42 Å². The second kappa shape index (κ2) is 7.74. The summed E-state index contributed by atoms with van der Waals surface area (Å²) in [5.74, 6) is -0.482. The number of carbonyl (C=O) groups excluding carboxylic acids is 1. The van der Waals surface area contributed by atoms with E-state index >= 15 is 0 Å². The van der Waals surface area contributed by atoms with Crippen LogP contribution in [0, 0.1) is 13.8 Å². The second-order valence-corrected chi connectivity index (χ2v) is 8.10. The van der Waals surface area contributed by atoms with Gasteiger partial charge in [-0.1, -0.05) is 24.3 Å². The van der Waals surface area contributed by atoms with Gasteiger partial charge in [0.1, 0.15) is 5.75 Å². The maximum Gasteiger partial charge on any atom is 0.261 e. The third-order valence-corrected chi connectivity index (χ3v) is 5.60. The smallest absolute Gasteiger partial charge is 0.261 e. The number of rotatable bonds is 5. The molecule has 0 radical (unpaired) electrons. The predicted octanol–water partition coefficient (Wildman–Crippen LogP) is 4.06. The van der Waals surface area contributed by atoms with Gasteiger partial charge in [0.15, 0.2) is 0 Å². The predicted molar refractivity (Wildman–Crippen MR) is 109 cm³/mol. The first-order valence-corrected chi connectivity index (χ1v) is 10.0. The van der Waals surface area contributed by atoms with Gasteiger partial charge >= 0.3 is 0 Å². The minimum absolute atomic E-state index is 0.0324. The highest BCUT2D eigenvalue weighted by molar-refractivity contribution is 7.92. The molecule has 3 aromatic carbocycles. The van der Waals surface area contributed by atoms with E-state index in [0.29, 0.717) is 5.69 Å². The van der Waals surface area contributed by atoms with Crippen LogP contribution in [-0.2, 0) is 10.0 Å². The molecule has 0 aliphatic carbocycles. The normalized spacial score (nSPS) is 11.1. The van der Waals surface area contributed by atoms with E-state index in [-0.39, 0.29) is 21.9 Å². The minimum Gasteiger partial charge on any atom is -0.506 e. The zero-order valence-corrected chi connectivity index (χ0v) is 16.2. The van der Waals surface area contributed by atoms with E-state index in [1.54, 1.807) is 30.3 Å². The molecule has 1 amide bonds. The van der Waals surface area contributed by atoms with Gasteiger partial charge in [-0.3, -0.25) is 9.52 Å². The SMILES string of the molecule is Cc1ccc(NC(=O)c2ccc(S(=O)(=O)Nc3ccccc3C)cc2)c(O)c1. The fourth-order valence-electron chi connectivity index (χ4n) is 2.62. The Hall–Kier alpha value is -3.32. The summed E-state index contributed by atoms with van der Waals surface area (Å²) in [6.45, 7) is 3.64. The number of carbonyl (C=O) groups is 1. The van der Waals surface area contributed by atoms with Crippen molar-refractivity contribution in [3.63, 3.8) is 0 Å². The monoisotopic (exact) mass is 396 g/mol. The van der Waals surface area contributed by atoms with Crippen LogP contribution in [0.25, 0.3) is 0 Å². The number of sulfonamides is 1. The first-order chi connectivity index (χ1) is 13.3. The molecule has 0 aliphatic heterocycles. The van der Waals surface area contributed by atoms with Gasteiger partial charge in [0.2, 0.25) is 0 Å². The number of hydrogen-bond donors (Lipinski definition) is 3. The second-order valence-electron chi connectivity index (χ2n) is 6.42. The van der Waals surface area contributed by atoms with Gasteiger partial charge in [0.25, 0.3) is 15.9 Å². The zero-order valence-electron chi connectivity index (χ0n) is 15.4. The summed E-state index contributed by atoms with van der Waals surface area (Å²) in [5, 5.41) is 12.5. The number of benzene rings is 3. The molecular formula is C21H20N2O4S. The van der Waals surface area contributed by atoms with Crippen LogP contribution in [-0.4, -0.2) is 19.4 Å². The standard InChI is InChI=1S/C21H20N2O4S/c1-14-7-12-19(20(24)13-14)22-21(25)16-8-10-17(11-9-16)28(26,27)23-18-6-4-3-5-15(18)2/h3-13,23-24H,1-2H3,(H,22,25). The average Bonchev–Trinajstić information content (AvgIpc) is 2.66. The summed E-state index contributed by atoms with van der Waals surface area (Å²) < 4.78 is 27.7. The first-order valence-electron chi connectivity index (χ1n) is 8.56. The molecule has 0 aromatic heterocycles. The molecule has 0 atom stereocenters. The van der Waals surface area contributed by atoms with E-state index in [2.05, 4.69) is 10.0 Å². The van der Waals surface area contributed by atoms with Crippen molar-refractivity contribution in [3.05, 3.63) is 83.4 Å². The summed E-state index contributed by atoms with van der Waals surface area (Å²) in [5.41, 5.74) is 2.73. The number of phenolic OH excluding ortho intramolecular Hbond substituents is 1. The lowest BCUT2D eigenvalue weighted by Crippen LogP contribution is -2.15. The molecule has 3 aromatic rings. The maximum atomic E-state index is 12.6. The van der Waals surface area contributed by atoms with E-state index in [1.165, 1.54) is 24.3 Å².